The van der Waals surface area contributed by atoms with E-state index in [0.29, 0.717) is 11.0 Å². The molecule has 0 saturated heterocycles. The molecule has 0 fully saturated rings. The Morgan fingerprint density at radius 1 is 1.47 bits per heavy atom. The van der Waals surface area contributed by atoms with Crippen LogP contribution < -0.4 is 5.32 Å². The van der Waals surface area contributed by atoms with Crippen molar-refractivity contribution in [2.45, 2.75) is 13.5 Å². The number of halogens is 1. The molecule has 0 aliphatic rings. The number of aromatic carboxylic acids is 1. The Labute approximate surface area is 95.4 Å². The monoisotopic (exact) mass is 271 g/mol. The first-order chi connectivity index (χ1) is 7.00. The molecule has 0 aliphatic heterocycles. The maximum atomic E-state index is 10.7. The highest BCUT2D eigenvalue weighted by atomic mass is 79.9. The van der Waals surface area contributed by atoms with Crippen molar-refractivity contribution in [3.8, 4) is 0 Å². The Kier molecular flexibility index (Phi) is 3.85. The fraction of sp³-hybridized carbons (Fsp3) is 0.200. The Hall–Kier alpha value is -1.36. The van der Waals surface area contributed by atoms with Crippen molar-refractivity contribution in [2.24, 2.45) is 0 Å². The van der Waals surface area contributed by atoms with E-state index in [4.69, 9.17) is 5.11 Å². The van der Waals surface area contributed by atoms with E-state index in [1.54, 1.807) is 6.07 Å². The minimum absolute atomic E-state index is 0.121. The Bertz CT molecular complexity index is 404. The van der Waals surface area contributed by atoms with Gasteiger partial charge in [0.1, 0.15) is 0 Å². The molecule has 1 aromatic carbocycles. The first-order valence-electron chi connectivity index (χ1n) is 4.27. The summed E-state index contributed by atoms with van der Waals surface area (Å²) in [6.07, 6.45) is 0. The quantitative estimate of drug-likeness (QED) is 0.881. The van der Waals surface area contributed by atoms with Crippen LogP contribution in [0.1, 0.15) is 22.8 Å². The number of benzene rings is 1. The molecule has 1 rings (SSSR count). The molecule has 4 nitrogen and oxygen atoms in total. The van der Waals surface area contributed by atoms with Gasteiger partial charge in [0.15, 0.2) is 0 Å². The van der Waals surface area contributed by atoms with Gasteiger partial charge in [-0.1, -0.05) is 22.0 Å². The van der Waals surface area contributed by atoms with Gasteiger partial charge in [0, 0.05) is 17.9 Å². The lowest BCUT2D eigenvalue weighted by Crippen LogP contribution is -2.19. The Balaban J connectivity index is 2.83. The van der Waals surface area contributed by atoms with E-state index < -0.39 is 5.97 Å². The number of hydrogen-bond donors (Lipinski definition) is 2. The lowest BCUT2D eigenvalue weighted by atomic mass is 10.1. The van der Waals surface area contributed by atoms with Gasteiger partial charge >= 0.3 is 5.97 Å². The minimum Gasteiger partial charge on any atom is -0.478 e. The smallest absolute Gasteiger partial charge is 0.335 e. The van der Waals surface area contributed by atoms with Crippen LogP contribution >= 0.6 is 15.9 Å². The average molecular weight is 272 g/mol. The zero-order valence-electron chi connectivity index (χ0n) is 8.08. The summed E-state index contributed by atoms with van der Waals surface area (Å²) >= 11 is 3.25. The van der Waals surface area contributed by atoms with Gasteiger partial charge in [0.25, 0.3) is 0 Å². The normalized spacial score (nSPS) is 9.73. The number of nitrogens with one attached hydrogen (secondary N) is 1. The molecule has 0 bridgehead atoms. The van der Waals surface area contributed by atoms with Gasteiger partial charge in [0.2, 0.25) is 5.91 Å². The Morgan fingerprint density at radius 3 is 2.60 bits per heavy atom. The summed E-state index contributed by atoms with van der Waals surface area (Å²) < 4.78 is 0.677. The van der Waals surface area contributed by atoms with E-state index in [1.165, 1.54) is 19.1 Å². The molecule has 0 aromatic heterocycles. The van der Waals surface area contributed by atoms with Crippen molar-refractivity contribution in [1.82, 2.24) is 5.32 Å². The van der Waals surface area contributed by atoms with Crippen LogP contribution in [0.25, 0.3) is 0 Å². The number of amides is 1. The fourth-order valence-corrected chi connectivity index (χ4v) is 1.56. The third-order valence-corrected chi connectivity index (χ3v) is 2.57. The molecule has 1 aromatic rings. The average Bonchev–Trinajstić information content (AvgIpc) is 2.15. The molecular formula is C10H10BrNO3. The minimum atomic E-state index is -0.971. The van der Waals surface area contributed by atoms with Crippen molar-refractivity contribution in [1.29, 1.82) is 0 Å². The molecule has 0 spiro atoms. The number of carboxylic acid groups (broad SMARTS) is 1. The summed E-state index contributed by atoms with van der Waals surface area (Å²) in [6, 6.07) is 4.69. The second-order valence-corrected chi connectivity index (χ2v) is 3.88. The largest absolute Gasteiger partial charge is 0.478 e. The van der Waals surface area contributed by atoms with Crippen LogP contribution in [0.3, 0.4) is 0 Å². The molecule has 0 radical (unpaired) electrons. The fourth-order valence-electron chi connectivity index (χ4n) is 1.04. The Morgan fingerprint density at radius 2 is 2.13 bits per heavy atom. The van der Waals surface area contributed by atoms with Crippen LogP contribution in [0.2, 0.25) is 0 Å². The summed E-state index contributed by atoms with van der Waals surface area (Å²) in [7, 11) is 0. The van der Waals surface area contributed by atoms with Crippen molar-refractivity contribution >= 4 is 27.8 Å². The highest BCUT2D eigenvalue weighted by Crippen LogP contribution is 2.18. The first-order valence-corrected chi connectivity index (χ1v) is 5.06. The van der Waals surface area contributed by atoms with Crippen LogP contribution in [0, 0.1) is 0 Å². The molecule has 0 aliphatic carbocycles. The van der Waals surface area contributed by atoms with E-state index in [9.17, 15) is 9.59 Å². The number of carbonyl (C=O) groups is 2. The molecular weight excluding hydrogens is 262 g/mol. The molecule has 2 N–H and O–H groups in total. The summed E-state index contributed by atoms with van der Waals surface area (Å²) in [5, 5.41) is 11.4. The van der Waals surface area contributed by atoms with Gasteiger partial charge in [-0.05, 0) is 17.7 Å². The summed E-state index contributed by atoms with van der Waals surface area (Å²) in [6.45, 7) is 1.81. The van der Waals surface area contributed by atoms with E-state index in [1.807, 2.05) is 0 Å². The van der Waals surface area contributed by atoms with Crippen LogP contribution in [-0.4, -0.2) is 17.0 Å². The number of rotatable bonds is 3. The zero-order chi connectivity index (χ0) is 11.4. The van der Waals surface area contributed by atoms with Gasteiger partial charge in [-0.3, -0.25) is 4.79 Å². The van der Waals surface area contributed by atoms with E-state index in [0.717, 1.165) is 5.56 Å². The molecule has 0 atom stereocenters. The maximum absolute atomic E-state index is 10.7. The summed E-state index contributed by atoms with van der Waals surface area (Å²) in [5.74, 6) is -1.09. The van der Waals surface area contributed by atoms with E-state index >= 15 is 0 Å². The standard InChI is InChI=1S/C10H10BrNO3/c1-6(13)12-5-8-3-2-7(10(14)15)4-9(8)11/h2-4H,5H2,1H3,(H,12,13)(H,14,15). The van der Waals surface area contributed by atoms with Gasteiger partial charge in [-0.15, -0.1) is 0 Å². The van der Waals surface area contributed by atoms with Gasteiger partial charge in [-0.2, -0.15) is 0 Å². The van der Waals surface area contributed by atoms with Gasteiger partial charge in [-0.25, -0.2) is 4.79 Å². The SMILES string of the molecule is CC(=O)NCc1ccc(C(=O)O)cc1Br. The van der Waals surface area contributed by atoms with Crippen LogP contribution in [0.4, 0.5) is 0 Å². The van der Waals surface area contributed by atoms with Gasteiger partial charge < -0.3 is 10.4 Å². The lowest BCUT2D eigenvalue weighted by molar-refractivity contribution is -0.119. The topological polar surface area (TPSA) is 66.4 Å². The van der Waals surface area contributed by atoms with Crippen LogP contribution in [0.15, 0.2) is 22.7 Å². The highest BCUT2D eigenvalue weighted by molar-refractivity contribution is 9.10. The van der Waals surface area contributed by atoms with Gasteiger partial charge in [0.05, 0.1) is 5.56 Å². The predicted molar refractivity (Wildman–Crippen MR) is 58.6 cm³/mol. The second kappa shape index (κ2) is 4.93. The third kappa shape index (κ3) is 3.36. The molecule has 80 valence electrons. The highest BCUT2D eigenvalue weighted by Gasteiger charge is 2.06. The molecule has 0 heterocycles. The predicted octanol–water partition coefficient (Wildman–Crippen LogP) is 1.78. The third-order valence-electron chi connectivity index (χ3n) is 1.83. The number of hydrogen-bond acceptors (Lipinski definition) is 2. The summed E-state index contributed by atoms with van der Waals surface area (Å²) in [5.41, 5.74) is 1.06. The molecule has 0 saturated carbocycles. The molecule has 0 unspecified atom stereocenters. The molecule has 1 amide bonds. The number of carboxylic acids is 1. The zero-order valence-corrected chi connectivity index (χ0v) is 9.67. The van der Waals surface area contributed by atoms with E-state index in [2.05, 4.69) is 21.2 Å². The van der Waals surface area contributed by atoms with E-state index in [-0.39, 0.29) is 11.5 Å². The number of carbonyl (C=O) groups excluding carboxylic acids is 1. The second-order valence-electron chi connectivity index (χ2n) is 3.02. The lowest BCUT2D eigenvalue weighted by Gasteiger charge is -2.05. The summed E-state index contributed by atoms with van der Waals surface area (Å²) in [4.78, 5) is 21.3. The molecule has 5 heteroatoms. The van der Waals surface area contributed by atoms with Crippen molar-refractivity contribution < 1.29 is 14.7 Å². The maximum Gasteiger partial charge on any atom is 0.335 e. The van der Waals surface area contributed by atoms with Crippen LogP contribution in [0.5, 0.6) is 0 Å². The van der Waals surface area contributed by atoms with Crippen molar-refractivity contribution in [2.75, 3.05) is 0 Å². The first kappa shape index (κ1) is 11.7. The molecule has 15 heavy (non-hydrogen) atoms. The van der Waals surface area contributed by atoms with Crippen LogP contribution in [-0.2, 0) is 11.3 Å². The van der Waals surface area contributed by atoms with Crippen molar-refractivity contribution in [3.63, 3.8) is 0 Å². The van der Waals surface area contributed by atoms with Crippen molar-refractivity contribution in [3.05, 3.63) is 33.8 Å².